The summed E-state index contributed by atoms with van der Waals surface area (Å²) < 4.78 is 28.2. The number of carbonyl (C=O) groups is 1. The summed E-state index contributed by atoms with van der Waals surface area (Å²) in [4.78, 5) is 18.3. The average molecular weight is 390 g/mol. The molecule has 1 N–H and O–H groups in total. The van der Waals surface area contributed by atoms with Gasteiger partial charge in [0.25, 0.3) is 0 Å². The van der Waals surface area contributed by atoms with Crippen molar-refractivity contribution in [1.29, 1.82) is 0 Å². The van der Waals surface area contributed by atoms with Crippen LogP contribution in [-0.2, 0) is 13.1 Å². The number of aromatic nitrogens is 3. The minimum atomic E-state index is -0.548. The van der Waals surface area contributed by atoms with Gasteiger partial charge in [-0.25, -0.2) is 13.6 Å². The van der Waals surface area contributed by atoms with Crippen molar-refractivity contribution in [3.05, 3.63) is 65.1 Å². The standard InChI is InChI=1S/C18H14ClF2N5O/c19-14-7-12(2-3-15(14)21)24-18(27)25-5-6-26-17(10-25)13(9-23-26)16-4-1-11(20)8-22-16/h1-4,7-9H,5-6,10H2,(H,24,27). The number of pyridine rings is 1. The summed E-state index contributed by atoms with van der Waals surface area (Å²) in [6.45, 7) is 1.30. The van der Waals surface area contributed by atoms with Crippen molar-refractivity contribution in [3.63, 3.8) is 0 Å². The van der Waals surface area contributed by atoms with E-state index in [0.717, 1.165) is 17.5 Å². The molecule has 2 aromatic heterocycles. The number of halogens is 3. The van der Waals surface area contributed by atoms with Crippen LogP contribution < -0.4 is 5.32 Å². The Kier molecular flexibility index (Phi) is 4.49. The summed E-state index contributed by atoms with van der Waals surface area (Å²) in [5, 5.41) is 6.97. The number of rotatable bonds is 2. The second kappa shape index (κ2) is 6.96. The molecule has 6 nitrogen and oxygen atoms in total. The third-order valence-corrected chi connectivity index (χ3v) is 4.62. The van der Waals surface area contributed by atoms with E-state index in [2.05, 4.69) is 15.4 Å². The van der Waals surface area contributed by atoms with Gasteiger partial charge in [-0.15, -0.1) is 0 Å². The molecular formula is C18H14ClF2N5O. The second-order valence-corrected chi connectivity index (χ2v) is 6.48. The molecule has 0 saturated heterocycles. The number of urea groups is 1. The fourth-order valence-corrected chi connectivity index (χ4v) is 3.12. The van der Waals surface area contributed by atoms with E-state index < -0.39 is 11.6 Å². The summed E-state index contributed by atoms with van der Waals surface area (Å²) >= 11 is 5.75. The van der Waals surface area contributed by atoms with Gasteiger partial charge in [-0.1, -0.05) is 11.6 Å². The van der Waals surface area contributed by atoms with Crippen LogP contribution in [0.4, 0.5) is 19.3 Å². The molecule has 1 aromatic carbocycles. The maximum Gasteiger partial charge on any atom is 0.322 e. The smallest absolute Gasteiger partial charge is 0.317 e. The summed E-state index contributed by atoms with van der Waals surface area (Å²) in [7, 11) is 0. The summed E-state index contributed by atoms with van der Waals surface area (Å²) in [5.74, 6) is -0.966. The lowest BCUT2D eigenvalue weighted by atomic mass is 10.1. The lowest BCUT2D eigenvalue weighted by Gasteiger charge is -2.28. The SMILES string of the molecule is O=C(Nc1ccc(F)c(Cl)c1)N1CCn2ncc(-c3ccc(F)cn3)c2C1. The first-order valence-corrected chi connectivity index (χ1v) is 8.56. The molecule has 0 aliphatic carbocycles. The number of anilines is 1. The average Bonchev–Trinajstić information content (AvgIpc) is 3.08. The van der Waals surface area contributed by atoms with Crippen LogP contribution >= 0.6 is 11.6 Å². The molecule has 0 spiro atoms. The molecule has 0 unspecified atom stereocenters. The van der Waals surface area contributed by atoms with Gasteiger partial charge in [-0.3, -0.25) is 9.67 Å². The van der Waals surface area contributed by atoms with Gasteiger partial charge < -0.3 is 10.2 Å². The van der Waals surface area contributed by atoms with Gasteiger partial charge in [0.1, 0.15) is 11.6 Å². The quantitative estimate of drug-likeness (QED) is 0.722. The van der Waals surface area contributed by atoms with E-state index >= 15 is 0 Å². The summed E-state index contributed by atoms with van der Waals surface area (Å²) in [6, 6.07) is 6.58. The number of amides is 2. The highest BCUT2D eigenvalue weighted by atomic mass is 35.5. The van der Waals surface area contributed by atoms with Crippen molar-refractivity contribution in [2.24, 2.45) is 0 Å². The van der Waals surface area contributed by atoms with Crippen LogP contribution in [0.2, 0.25) is 5.02 Å². The van der Waals surface area contributed by atoms with Crippen molar-refractivity contribution in [2.75, 3.05) is 11.9 Å². The molecule has 27 heavy (non-hydrogen) atoms. The van der Waals surface area contributed by atoms with Crippen LogP contribution in [0.25, 0.3) is 11.3 Å². The number of nitrogens with one attached hydrogen (secondary N) is 1. The minimum absolute atomic E-state index is 0.0609. The third kappa shape index (κ3) is 3.48. The Balaban J connectivity index is 1.53. The summed E-state index contributed by atoms with van der Waals surface area (Å²) in [6.07, 6.45) is 2.81. The number of hydrogen-bond acceptors (Lipinski definition) is 3. The molecule has 1 aliphatic rings. The van der Waals surface area contributed by atoms with E-state index in [0.29, 0.717) is 31.0 Å². The predicted molar refractivity (Wildman–Crippen MR) is 96.3 cm³/mol. The maximum atomic E-state index is 13.3. The number of carbonyl (C=O) groups excluding carboxylic acids is 1. The van der Waals surface area contributed by atoms with Gasteiger partial charge >= 0.3 is 6.03 Å². The number of benzene rings is 1. The van der Waals surface area contributed by atoms with E-state index in [1.165, 1.54) is 24.3 Å². The normalized spacial score (nSPS) is 13.4. The van der Waals surface area contributed by atoms with E-state index in [1.807, 2.05) is 0 Å². The van der Waals surface area contributed by atoms with E-state index in [4.69, 9.17) is 11.6 Å². The lowest BCUT2D eigenvalue weighted by Crippen LogP contribution is -2.41. The molecule has 138 valence electrons. The first-order chi connectivity index (χ1) is 13.0. The fraction of sp³-hybridized carbons (Fsp3) is 0.167. The molecule has 3 heterocycles. The molecular weight excluding hydrogens is 376 g/mol. The minimum Gasteiger partial charge on any atom is -0.317 e. The number of fused-ring (bicyclic) bond motifs is 1. The molecule has 2 amide bonds. The van der Waals surface area contributed by atoms with Gasteiger partial charge in [0.15, 0.2) is 0 Å². The molecule has 0 bridgehead atoms. The molecule has 3 aromatic rings. The van der Waals surface area contributed by atoms with E-state index in [-0.39, 0.29) is 11.1 Å². The third-order valence-electron chi connectivity index (χ3n) is 4.33. The largest absolute Gasteiger partial charge is 0.322 e. The Morgan fingerprint density at radius 3 is 2.74 bits per heavy atom. The molecule has 0 atom stereocenters. The molecule has 0 fully saturated rings. The Morgan fingerprint density at radius 1 is 1.15 bits per heavy atom. The monoisotopic (exact) mass is 389 g/mol. The van der Waals surface area contributed by atoms with Crippen molar-refractivity contribution in [3.8, 4) is 11.3 Å². The Hall–Kier alpha value is -3.00. The predicted octanol–water partition coefficient (Wildman–Crippen LogP) is 3.92. The van der Waals surface area contributed by atoms with E-state index in [9.17, 15) is 13.6 Å². The van der Waals surface area contributed by atoms with Crippen LogP contribution in [0.1, 0.15) is 5.69 Å². The highest BCUT2D eigenvalue weighted by molar-refractivity contribution is 6.31. The Bertz CT molecular complexity index is 1010. The molecule has 9 heteroatoms. The fourth-order valence-electron chi connectivity index (χ4n) is 2.94. The van der Waals surface area contributed by atoms with Crippen molar-refractivity contribution in [1.82, 2.24) is 19.7 Å². The van der Waals surface area contributed by atoms with Crippen LogP contribution in [0, 0.1) is 11.6 Å². The van der Waals surface area contributed by atoms with Crippen LogP contribution in [-0.4, -0.2) is 32.2 Å². The van der Waals surface area contributed by atoms with Crippen LogP contribution in [0.15, 0.2) is 42.7 Å². The highest BCUT2D eigenvalue weighted by Crippen LogP contribution is 2.26. The highest BCUT2D eigenvalue weighted by Gasteiger charge is 2.25. The zero-order valence-electron chi connectivity index (χ0n) is 14.0. The van der Waals surface area contributed by atoms with Gasteiger partial charge in [0, 0.05) is 17.8 Å². The van der Waals surface area contributed by atoms with Crippen molar-refractivity contribution in [2.45, 2.75) is 13.1 Å². The van der Waals surface area contributed by atoms with Crippen molar-refractivity contribution < 1.29 is 13.6 Å². The molecule has 0 saturated carbocycles. The van der Waals surface area contributed by atoms with Crippen molar-refractivity contribution >= 4 is 23.3 Å². The number of nitrogens with zero attached hydrogens (tertiary/aromatic N) is 4. The van der Waals surface area contributed by atoms with Gasteiger partial charge in [0.05, 0.1) is 41.9 Å². The molecule has 1 aliphatic heterocycles. The lowest BCUT2D eigenvalue weighted by molar-refractivity contribution is 0.194. The van der Waals surface area contributed by atoms with Gasteiger partial charge in [-0.2, -0.15) is 5.10 Å². The summed E-state index contributed by atoms with van der Waals surface area (Å²) in [5.41, 5.74) is 2.56. The Morgan fingerprint density at radius 2 is 2.00 bits per heavy atom. The number of hydrogen-bond donors (Lipinski definition) is 1. The second-order valence-electron chi connectivity index (χ2n) is 6.07. The first-order valence-electron chi connectivity index (χ1n) is 8.19. The van der Waals surface area contributed by atoms with E-state index in [1.54, 1.807) is 21.8 Å². The zero-order valence-corrected chi connectivity index (χ0v) is 14.7. The van der Waals surface area contributed by atoms with Gasteiger partial charge in [-0.05, 0) is 30.3 Å². The maximum absolute atomic E-state index is 13.3. The molecule has 0 radical (unpaired) electrons. The van der Waals surface area contributed by atoms with Gasteiger partial charge in [0.2, 0.25) is 0 Å². The first kappa shape index (κ1) is 17.4. The van der Waals surface area contributed by atoms with Crippen LogP contribution in [0.5, 0.6) is 0 Å². The zero-order chi connectivity index (χ0) is 19.0. The Labute approximate surface area is 158 Å². The molecule has 4 rings (SSSR count). The van der Waals surface area contributed by atoms with Crippen LogP contribution in [0.3, 0.4) is 0 Å². The topological polar surface area (TPSA) is 63.1 Å².